The first-order valence-corrected chi connectivity index (χ1v) is 12.9. The third-order valence-corrected chi connectivity index (χ3v) is 8.41. The van der Waals surface area contributed by atoms with E-state index in [9.17, 15) is 13.2 Å². The van der Waals surface area contributed by atoms with Gasteiger partial charge in [0.05, 0.1) is 10.6 Å². The molecule has 2 aliphatic rings. The highest BCUT2D eigenvalue weighted by atomic mass is 32.2. The molecule has 2 aromatic carbocycles. The number of nitrogens with zero attached hydrogens (tertiary/aromatic N) is 3. The Balaban J connectivity index is 1.29. The maximum absolute atomic E-state index is 13.1. The van der Waals surface area contributed by atoms with Gasteiger partial charge in [-0.25, -0.2) is 13.4 Å². The molecule has 1 amide bonds. The number of carbonyl (C=O) groups excluding carboxylic acids is 1. The summed E-state index contributed by atoms with van der Waals surface area (Å²) in [5.41, 5.74) is 3.58. The van der Waals surface area contributed by atoms with Crippen molar-refractivity contribution >= 4 is 21.6 Å². The molecule has 1 aromatic heterocycles. The van der Waals surface area contributed by atoms with E-state index in [0.29, 0.717) is 25.1 Å². The monoisotopic (exact) mass is 464 g/mol. The Labute approximate surface area is 194 Å². The van der Waals surface area contributed by atoms with Crippen molar-refractivity contribution in [2.75, 3.05) is 11.9 Å². The van der Waals surface area contributed by atoms with Crippen LogP contribution in [0.15, 0.2) is 59.6 Å². The second-order valence-corrected chi connectivity index (χ2v) is 10.7. The van der Waals surface area contributed by atoms with E-state index < -0.39 is 16.1 Å². The van der Waals surface area contributed by atoms with Crippen molar-refractivity contribution in [1.82, 2.24) is 13.9 Å². The predicted molar refractivity (Wildman–Crippen MR) is 127 cm³/mol. The topological polar surface area (TPSA) is 84.3 Å². The Morgan fingerprint density at radius 2 is 1.76 bits per heavy atom. The predicted octanol–water partition coefficient (Wildman–Crippen LogP) is 3.99. The van der Waals surface area contributed by atoms with Gasteiger partial charge in [-0.05, 0) is 56.9 Å². The summed E-state index contributed by atoms with van der Waals surface area (Å²) < 4.78 is 29.8. The molecule has 0 unspecified atom stereocenters. The van der Waals surface area contributed by atoms with E-state index in [0.717, 1.165) is 35.6 Å². The summed E-state index contributed by atoms with van der Waals surface area (Å²) in [7, 11) is -3.72. The molecule has 1 fully saturated rings. The van der Waals surface area contributed by atoms with E-state index in [1.54, 1.807) is 24.3 Å². The quantitative estimate of drug-likeness (QED) is 0.619. The zero-order chi connectivity index (χ0) is 23.0. The van der Waals surface area contributed by atoms with Gasteiger partial charge in [-0.1, -0.05) is 29.8 Å². The number of hydrogen-bond donors (Lipinski definition) is 1. The van der Waals surface area contributed by atoms with Gasteiger partial charge < -0.3 is 9.88 Å². The molecule has 172 valence electrons. The smallest absolute Gasteiger partial charge is 0.243 e. The first kappa shape index (κ1) is 21.9. The molecule has 7 nitrogen and oxygen atoms in total. The lowest BCUT2D eigenvalue weighted by atomic mass is 10.1. The van der Waals surface area contributed by atoms with Crippen LogP contribution in [0.4, 0.5) is 5.69 Å². The van der Waals surface area contributed by atoms with Crippen molar-refractivity contribution in [3.8, 4) is 11.3 Å². The summed E-state index contributed by atoms with van der Waals surface area (Å²) in [5.74, 6) is 0.832. The number of aryl methyl sites for hydroxylation is 3. The number of amides is 1. The Hall–Kier alpha value is -2.97. The van der Waals surface area contributed by atoms with E-state index in [1.165, 1.54) is 17.1 Å². The van der Waals surface area contributed by atoms with Crippen LogP contribution in [0.5, 0.6) is 0 Å². The largest absolute Gasteiger partial charge is 0.334 e. The fraction of sp³-hybridized carbons (Fsp3) is 0.360. The van der Waals surface area contributed by atoms with Crippen molar-refractivity contribution in [1.29, 1.82) is 0 Å². The number of aromatic nitrogens is 2. The van der Waals surface area contributed by atoms with Crippen LogP contribution in [0, 0.1) is 6.92 Å². The molecule has 0 bridgehead atoms. The second-order valence-electron chi connectivity index (χ2n) is 8.85. The lowest BCUT2D eigenvalue weighted by Crippen LogP contribution is -2.43. The van der Waals surface area contributed by atoms with Gasteiger partial charge in [0.15, 0.2) is 0 Å². The maximum atomic E-state index is 13.1. The Bertz CT molecular complexity index is 1240. The van der Waals surface area contributed by atoms with Gasteiger partial charge in [-0.15, -0.1) is 0 Å². The van der Waals surface area contributed by atoms with Gasteiger partial charge in [0.25, 0.3) is 0 Å². The second kappa shape index (κ2) is 8.76. The third-order valence-electron chi connectivity index (χ3n) is 6.49. The van der Waals surface area contributed by atoms with Crippen LogP contribution in [0.3, 0.4) is 0 Å². The summed E-state index contributed by atoms with van der Waals surface area (Å²) in [6.45, 7) is 3.27. The summed E-state index contributed by atoms with van der Waals surface area (Å²) in [4.78, 5) is 18.0. The summed E-state index contributed by atoms with van der Waals surface area (Å²) in [6.07, 6.45) is 6.64. The van der Waals surface area contributed by atoms with Crippen molar-refractivity contribution in [3.63, 3.8) is 0 Å². The fourth-order valence-corrected chi connectivity index (χ4v) is 6.29. The number of carbonyl (C=O) groups is 1. The molecule has 8 heteroatoms. The molecule has 0 spiro atoms. The molecule has 3 heterocycles. The lowest BCUT2D eigenvalue weighted by molar-refractivity contribution is -0.119. The van der Waals surface area contributed by atoms with E-state index in [-0.39, 0.29) is 10.8 Å². The fourth-order valence-electron chi connectivity index (χ4n) is 4.64. The molecule has 33 heavy (non-hydrogen) atoms. The van der Waals surface area contributed by atoms with Gasteiger partial charge in [0, 0.05) is 37.0 Å². The van der Waals surface area contributed by atoms with Gasteiger partial charge in [-0.3, -0.25) is 4.79 Å². The zero-order valence-electron chi connectivity index (χ0n) is 18.7. The molecular formula is C25H28N4O3S. The minimum atomic E-state index is -3.72. The van der Waals surface area contributed by atoms with Crippen molar-refractivity contribution in [3.05, 3.63) is 66.1 Å². The maximum Gasteiger partial charge on any atom is 0.243 e. The zero-order valence-corrected chi connectivity index (χ0v) is 19.5. The van der Waals surface area contributed by atoms with Gasteiger partial charge in [-0.2, -0.15) is 4.31 Å². The molecule has 5 rings (SSSR count). The number of rotatable bonds is 5. The Morgan fingerprint density at radius 1 is 1.00 bits per heavy atom. The summed E-state index contributed by atoms with van der Waals surface area (Å²) >= 11 is 0. The first-order valence-electron chi connectivity index (χ1n) is 11.5. The molecule has 2 aliphatic heterocycles. The van der Waals surface area contributed by atoms with Crippen LogP contribution in [-0.2, 0) is 27.8 Å². The van der Waals surface area contributed by atoms with E-state index in [4.69, 9.17) is 4.98 Å². The average molecular weight is 465 g/mol. The molecule has 1 saturated heterocycles. The van der Waals surface area contributed by atoms with E-state index in [1.807, 2.05) is 31.2 Å². The SMILES string of the molecule is Cc1ccc(S(=O)(=O)N2CCC[C@H]2C(=O)Nc2ccc(-c3cn4c(n3)CCCC4)cc2)cc1. The minimum Gasteiger partial charge on any atom is -0.334 e. The normalized spacial score (nSPS) is 18.8. The number of imidazole rings is 1. The van der Waals surface area contributed by atoms with Gasteiger partial charge in [0.1, 0.15) is 11.9 Å². The standard InChI is InChI=1S/C25H28N4O3S/c1-18-7-13-21(14-8-18)33(31,32)29-16-4-5-23(29)25(30)26-20-11-9-19(10-12-20)22-17-28-15-3-2-6-24(28)27-22/h7-14,17,23H,2-6,15-16H2,1H3,(H,26,30)/t23-/m0/s1. The average Bonchev–Trinajstić information content (AvgIpc) is 3.48. The van der Waals surface area contributed by atoms with Gasteiger partial charge in [0.2, 0.25) is 15.9 Å². The number of hydrogen-bond acceptors (Lipinski definition) is 4. The highest BCUT2D eigenvalue weighted by Gasteiger charge is 2.39. The summed E-state index contributed by atoms with van der Waals surface area (Å²) in [6, 6.07) is 13.6. The van der Waals surface area contributed by atoms with Crippen molar-refractivity contribution in [2.45, 2.75) is 56.5 Å². The number of nitrogens with one attached hydrogen (secondary N) is 1. The highest BCUT2D eigenvalue weighted by Crippen LogP contribution is 2.28. The van der Waals surface area contributed by atoms with Crippen LogP contribution in [0.1, 0.15) is 37.1 Å². The van der Waals surface area contributed by atoms with Crippen LogP contribution in [0.25, 0.3) is 11.3 Å². The number of benzene rings is 2. The molecule has 0 radical (unpaired) electrons. The molecule has 1 N–H and O–H groups in total. The summed E-state index contributed by atoms with van der Waals surface area (Å²) in [5, 5.41) is 2.90. The van der Waals surface area contributed by atoms with E-state index >= 15 is 0 Å². The van der Waals surface area contributed by atoms with Crippen molar-refractivity contribution < 1.29 is 13.2 Å². The van der Waals surface area contributed by atoms with Crippen LogP contribution >= 0.6 is 0 Å². The number of sulfonamides is 1. The molecule has 0 aliphatic carbocycles. The molecular weight excluding hydrogens is 436 g/mol. The van der Waals surface area contributed by atoms with E-state index in [2.05, 4.69) is 16.1 Å². The van der Waals surface area contributed by atoms with Crippen LogP contribution in [-0.4, -0.2) is 40.8 Å². The number of anilines is 1. The Kier molecular flexibility index (Phi) is 5.80. The molecule has 1 atom stereocenters. The highest BCUT2D eigenvalue weighted by molar-refractivity contribution is 7.89. The third kappa shape index (κ3) is 4.32. The first-order chi connectivity index (χ1) is 15.9. The van der Waals surface area contributed by atoms with Crippen LogP contribution < -0.4 is 5.32 Å². The Morgan fingerprint density at radius 3 is 2.48 bits per heavy atom. The molecule has 3 aromatic rings. The molecule has 0 saturated carbocycles. The van der Waals surface area contributed by atoms with Crippen LogP contribution in [0.2, 0.25) is 0 Å². The minimum absolute atomic E-state index is 0.222. The number of fused-ring (bicyclic) bond motifs is 1. The van der Waals surface area contributed by atoms with Gasteiger partial charge >= 0.3 is 0 Å². The van der Waals surface area contributed by atoms with Crippen molar-refractivity contribution in [2.24, 2.45) is 0 Å². The lowest BCUT2D eigenvalue weighted by Gasteiger charge is -2.23.